The van der Waals surface area contributed by atoms with E-state index in [-0.39, 0.29) is 6.04 Å². The van der Waals surface area contributed by atoms with Gasteiger partial charge < -0.3 is 5.32 Å². The summed E-state index contributed by atoms with van der Waals surface area (Å²) in [5, 5.41) is 3.51. The van der Waals surface area contributed by atoms with E-state index < -0.39 is 10.0 Å². The third-order valence-electron chi connectivity index (χ3n) is 2.63. The van der Waals surface area contributed by atoms with Crippen LogP contribution in [0, 0.1) is 0 Å². The first-order valence-corrected chi connectivity index (χ1v) is 7.88. The third kappa shape index (κ3) is 2.85. The Bertz CT molecular complexity index is 294. The average Bonchev–Trinajstić information content (AvgIpc) is 1.87. The van der Waals surface area contributed by atoms with Crippen LogP contribution in [-0.2, 0) is 10.0 Å². The number of sulfonamides is 1. The average molecular weight is 236 g/mol. The van der Waals surface area contributed by atoms with Crippen molar-refractivity contribution in [1.82, 2.24) is 10.0 Å². The number of rotatable bonds is 4. The molecule has 1 saturated heterocycles. The Morgan fingerprint density at radius 3 is 2.21 bits per heavy atom. The predicted molar refractivity (Wildman–Crippen MR) is 59.0 cm³/mol. The highest BCUT2D eigenvalue weighted by molar-refractivity contribution is 8.00. The van der Waals surface area contributed by atoms with Gasteiger partial charge in [0, 0.05) is 29.6 Å². The summed E-state index contributed by atoms with van der Waals surface area (Å²) in [6, 6.07) is 1.36. The molecular weight excluding hydrogens is 220 g/mol. The molecule has 2 N–H and O–H groups in total. The van der Waals surface area contributed by atoms with Crippen LogP contribution in [0.2, 0.25) is 0 Å². The van der Waals surface area contributed by atoms with E-state index in [2.05, 4.69) is 10.0 Å². The van der Waals surface area contributed by atoms with Crippen LogP contribution in [0.5, 0.6) is 0 Å². The molecule has 6 heteroatoms. The van der Waals surface area contributed by atoms with Crippen LogP contribution in [0.1, 0.15) is 12.8 Å². The molecule has 0 atom stereocenters. The Morgan fingerprint density at radius 2 is 1.79 bits per heavy atom. The molecule has 4 nitrogen and oxygen atoms in total. The fourth-order valence-electron chi connectivity index (χ4n) is 1.82. The normalized spacial score (nSPS) is 33.5. The zero-order valence-corrected chi connectivity index (χ0v) is 9.83. The number of thioether (sulfide) groups is 1. The maximum atomic E-state index is 10.9. The van der Waals surface area contributed by atoms with Crippen LogP contribution in [-0.4, -0.2) is 44.3 Å². The van der Waals surface area contributed by atoms with Gasteiger partial charge in [0.1, 0.15) is 0 Å². The standard InChI is InChI=1S/C8H16N2O2S2/c1-14(11,12)10-7-2-6(3-7)9-8-4-13-5-8/h6-10H,2-5H2,1H3. The van der Waals surface area contributed by atoms with Gasteiger partial charge in [-0.15, -0.1) is 0 Å². The van der Waals surface area contributed by atoms with Gasteiger partial charge >= 0.3 is 0 Å². The van der Waals surface area contributed by atoms with Crippen molar-refractivity contribution in [2.45, 2.75) is 31.0 Å². The predicted octanol–water partition coefficient (Wildman–Crippen LogP) is -0.228. The fraction of sp³-hybridized carbons (Fsp3) is 1.00. The summed E-state index contributed by atoms with van der Waals surface area (Å²) in [5.74, 6) is 2.42. The van der Waals surface area contributed by atoms with Crippen molar-refractivity contribution >= 4 is 21.8 Å². The molecule has 82 valence electrons. The smallest absolute Gasteiger partial charge is 0.208 e. The molecule has 0 spiro atoms. The molecule has 2 rings (SSSR count). The van der Waals surface area contributed by atoms with Crippen LogP contribution in [0.3, 0.4) is 0 Å². The van der Waals surface area contributed by atoms with Gasteiger partial charge in [0.15, 0.2) is 0 Å². The summed E-state index contributed by atoms with van der Waals surface area (Å²) in [5.41, 5.74) is 0. The van der Waals surface area contributed by atoms with Gasteiger partial charge in [-0.25, -0.2) is 13.1 Å². The zero-order valence-electron chi connectivity index (χ0n) is 8.19. The van der Waals surface area contributed by atoms with E-state index in [1.165, 1.54) is 17.8 Å². The molecule has 0 radical (unpaired) electrons. The van der Waals surface area contributed by atoms with E-state index in [0.29, 0.717) is 12.1 Å². The van der Waals surface area contributed by atoms with Gasteiger partial charge in [0.25, 0.3) is 0 Å². The Balaban J connectivity index is 1.64. The molecule has 1 heterocycles. The molecule has 14 heavy (non-hydrogen) atoms. The molecule has 1 saturated carbocycles. The van der Waals surface area contributed by atoms with Crippen LogP contribution >= 0.6 is 11.8 Å². The van der Waals surface area contributed by atoms with Crippen LogP contribution in [0.15, 0.2) is 0 Å². The Kier molecular flexibility index (Phi) is 3.06. The lowest BCUT2D eigenvalue weighted by atomic mass is 9.87. The minimum atomic E-state index is -3.01. The van der Waals surface area contributed by atoms with Crippen molar-refractivity contribution in [2.75, 3.05) is 17.8 Å². The lowest BCUT2D eigenvalue weighted by molar-refractivity contribution is 0.260. The van der Waals surface area contributed by atoms with Crippen molar-refractivity contribution in [3.05, 3.63) is 0 Å². The maximum Gasteiger partial charge on any atom is 0.208 e. The Labute approximate surface area is 89.3 Å². The molecule has 0 aromatic heterocycles. The van der Waals surface area contributed by atoms with Crippen molar-refractivity contribution in [3.8, 4) is 0 Å². The van der Waals surface area contributed by atoms with Crippen molar-refractivity contribution in [2.24, 2.45) is 0 Å². The summed E-state index contributed by atoms with van der Waals surface area (Å²) >= 11 is 1.96. The van der Waals surface area contributed by atoms with E-state index in [4.69, 9.17) is 0 Å². The first-order valence-electron chi connectivity index (χ1n) is 4.84. The van der Waals surface area contributed by atoms with Gasteiger partial charge in [-0.3, -0.25) is 0 Å². The number of hydrogen-bond acceptors (Lipinski definition) is 4. The monoisotopic (exact) mass is 236 g/mol. The van der Waals surface area contributed by atoms with Crippen molar-refractivity contribution in [1.29, 1.82) is 0 Å². The van der Waals surface area contributed by atoms with E-state index in [9.17, 15) is 8.42 Å². The van der Waals surface area contributed by atoms with Gasteiger partial charge in [0.2, 0.25) is 10.0 Å². The minimum absolute atomic E-state index is 0.162. The molecule has 1 aliphatic carbocycles. The number of nitrogens with one attached hydrogen (secondary N) is 2. The first kappa shape index (κ1) is 10.7. The molecule has 2 fully saturated rings. The molecule has 0 bridgehead atoms. The molecular formula is C8H16N2O2S2. The summed E-state index contributed by atoms with van der Waals surface area (Å²) in [4.78, 5) is 0. The second-order valence-electron chi connectivity index (χ2n) is 4.16. The second-order valence-corrected chi connectivity index (χ2v) is 7.01. The van der Waals surface area contributed by atoms with E-state index in [0.717, 1.165) is 12.8 Å². The fourth-order valence-corrected chi connectivity index (χ4v) is 3.28. The molecule has 0 aromatic carbocycles. The maximum absolute atomic E-state index is 10.9. The quantitative estimate of drug-likeness (QED) is 0.708. The highest BCUT2D eigenvalue weighted by atomic mass is 32.2. The highest BCUT2D eigenvalue weighted by Crippen LogP contribution is 2.25. The summed E-state index contributed by atoms with van der Waals surface area (Å²) in [7, 11) is -3.01. The van der Waals surface area contributed by atoms with Gasteiger partial charge in [-0.05, 0) is 12.8 Å². The van der Waals surface area contributed by atoms with Crippen LogP contribution in [0.4, 0.5) is 0 Å². The molecule has 0 unspecified atom stereocenters. The molecule has 2 aliphatic rings. The second kappa shape index (κ2) is 4.00. The third-order valence-corrected chi connectivity index (χ3v) is 4.67. The number of hydrogen-bond donors (Lipinski definition) is 2. The molecule has 0 aromatic rings. The van der Waals surface area contributed by atoms with E-state index >= 15 is 0 Å². The van der Waals surface area contributed by atoms with Crippen LogP contribution in [0.25, 0.3) is 0 Å². The van der Waals surface area contributed by atoms with E-state index in [1.807, 2.05) is 11.8 Å². The first-order chi connectivity index (χ1) is 6.53. The van der Waals surface area contributed by atoms with Gasteiger partial charge in [-0.2, -0.15) is 11.8 Å². The largest absolute Gasteiger partial charge is 0.309 e. The van der Waals surface area contributed by atoms with Gasteiger partial charge in [0.05, 0.1) is 6.26 Å². The summed E-state index contributed by atoms with van der Waals surface area (Å²) in [6.07, 6.45) is 3.10. The molecule has 0 amide bonds. The summed E-state index contributed by atoms with van der Waals surface area (Å²) < 4.78 is 24.4. The Hall–Kier alpha value is 0.220. The van der Waals surface area contributed by atoms with Crippen LogP contribution < -0.4 is 10.0 Å². The SMILES string of the molecule is CS(=O)(=O)NC1CC(NC2CSC2)C1. The summed E-state index contributed by atoms with van der Waals surface area (Å²) in [6.45, 7) is 0. The minimum Gasteiger partial charge on any atom is -0.309 e. The highest BCUT2D eigenvalue weighted by Gasteiger charge is 2.33. The lowest BCUT2D eigenvalue weighted by Crippen LogP contribution is -2.56. The van der Waals surface area contributed by atoms with E-state index in [1.54, 1.807) is 0 Å². The van der Waals surface area contributed by atoms with Gasteiger partial charge in [-0.1, -0.05) is 0 Å². The lowest BCUT2D eigenvalue weighted by Gasteiger charge is -2.40. The van der Waals surface area contributed by atoms with Crippen molar-refractivity contribution in [3.63, 3.8) is 0 Å². The molecule has 1 aliphatic heterocycles. The van der Waals surface area contributed by atoms with Crippen molar-refractivity contribution < 1.29 is 8.42 Å². The topological polar surface area (TPSA) is 58.2 Å². The Morgan fingerprint density at radius 1 is 1.14 bits per heavy atom. The zero-order chi connectivity index (χ0) is 10.2.